The molecule has 82 valence electrons. The summed E-state index contributed by atoms with van der Waals surface area (Å²) in [5.74, 6) is 0.725. The van der Waals surface area contributed by atoms with E-state index in [1.807, 2.05) is 0 Å². The van der Waals surface area contributed by atoms with Gasteiger partial charge >= 0.3 is 0 Å². The van der Waals surface area contributed by atoms with Gasteiger partial charge in [-0.25, -0.2) is 0 Å². The maximum Gasteiger partial charge on any atom is 0.0303 e. The zero-order valence-corrected chi connectivity index (χ0v) is 9.58. The minimum Gasteiger partial charge on any atom is -0.324 e. The number of hydrogen-bond acceptors (Lipinski definition) is 1. The molecule has 1 heteroatoms. The molecule has 0 unspecified atom stereocenters. The van der Waals surface area contributed by atoms with Crippen molar-refractivity contribution in [2.75, 3.05) is 0 Å². The quantitative estimate of drug-likeness (QED) is 0.741. The average Bonchev–Trinajstić information content (AvgIpc) is 2.58. The third-order valence-electron chi connectivity index (χ3n) is 3.53. The first-order valence-electron chi connectivity index (χ1n) is 6.17. The minimum atomic E-state index is 0.285. The summed E-state index contributed by atoms with van der Waals surface area (Å²) in [7, 11) is 0. The number of hydrogen-bond donors (Lipinski definition) is 1. The number of unbranched alkanes of at least 4 members (excludes halogenated alkanes) is 2. The van der Waals surface area contributed by atoms with Gasteiger partial charge in [-0.15, -0.1) is 0 Å². The summed E-state index contributed by atoms with van der Waals surface area (Å²) in [6.07, 6.45) is 6.48. The second kappa shape index (κ2) is 4.80. The third-order valence-corrected chi connectivity index (χ3v) is 3.53. The van der Waals surface area contributed by atoms with Crippen LogP contribution in [0.5, 0.6) is 0 Å². The molecule has 1 aliphatic carbocycles. The zero-order chi connectivity index (χ0) is 10.7. The highest BCUT2D eigenvalue weighted by atomic mass is 14.7. The van der Waals surface area contributed by atoms with E-state index in [-0.39, 0.29) is 6.04 Å². The van der Waals surface area contributed by atoms with Gasteiger partial charge in [-0.3, -0.25) is 0 Å². The van der Waals surface area contributed by atoms with Gasteiger partial charge in [0.2, 0.25) is 0 Å². The van der Waals surface area contributed by atoms with E-state index in [0.29, 0.717) is 0 Å². The Morgan fingerprint density at radius 1 is 1.20 bits per heavy atom. The molecular formula is C14H21N. The first kappa shape index (κ1) is 10.7. The van der Waals surface area contributed by atoms with Crippen LogP contribution in [0.25, 0.3) is 0 Å². The molecule has 0 radical (unpaired) electrons. The molecule has 1 nitrogen and oxygen atoms in total. The van der Waals surface area contributed by atoms with Gasteiger partial charge in [-0.1, -0.05) is 50.5 Å². The fourth-order valence-corrected chi connectivity index (χ4v) is 2.69. The molecule has 0 saturated heterocycles. The lowest BCUT2D eigenvalue weighted by Crippen LogP contribution is -2.05. The highest BCUT2D eigenvalue weighted by Crippen LogP contribution is 2.41. The Kier molecular flexibility index (Phi) is 3.42. The molecule has 15 heavy (non-hydrogen) atoms. The molecule has 2 N–H and O–H groups in total. The molecule has 2 rings (SSSR count). The smallest absolute Gasteiger partial charge is 0.0303 e. The van der Waals surface area contributed by atoms with Crippen molar-refractivity contribution in [1.29, 1.82) is 0 Å². The average molecular weight is 203 g/mol. The van der Waals surface area contributed by atoms with E-state index in [1.165, 1.54) is 36.8 Å². The van der Waals surface area contributed by atoms with E-state index in [9.17, 15) is 0 Å². The summed E-state index contributed by atoms with van der Waals surface area (Å²) >= 11 is 0. The van der Waals surface area contributed by atoms with Crippen LogP contribution in [0.4, 0.5) is 0 Å². The van der Waals surface area contributed by atoms with Crippen LogP contribution in [0.15, 0.2) is 24.3 Å². The standard InChI is InChI=1S/C14H21N/c1-2-3-4-7-11-10-14(15)13-9-6-5-8-12(11)13/h5-6,8-9,11,14H,2-4,7,10,15H2,1H3/t11-,14+/m0/s1. The molecule has 0 heterocycles. The van der Waals surface area contributed by atoms with Crippen LogP contribution in [0.3, 0.4) is 0 Å². The van der Waals surface area contributed by atoms with Gasteiger partial charge < -0.3 is 5.73 Å². The van der Waals surface area contributed by atoms with Crippen LogP contribution in [0, 0.1) is 0 Å². The molecule has 1 aromatic carbocycles. The van der Waals surface area contributed by atoms with Gasteiger partial charge in [0.25, 0.3) is 0 Å². The second-order valence-corrected chi connectivity index (χ2v) is 4.66. The molecule has 1 aromatic rings. The molecule has 0 amide bonds. The number of benzene rings is 1. The van der Waals surface area contributed by atoms with E-state index in [4.69, 9.17) is 5.73 Å². The maximum absolute atomic E-state index is 6.14. The molecule has 0 spiro atoms. The zero-order valence-electron chi connectivity index (χ0n) is 9.58. The van der Waals surface area contributed by atoms with Crippen LogP contribution < -0.4 is 5.73 Å². The van der Waals surface area contributed by atoms with Gasteiger partial charge in [-0.2, -0.15) is 0 Å². The summed E-state index contributed by atoms with van der Waals surface area (Å²) in [6.45, 7) is 2.26. The SMILES string of the molecule is CCCCC[C@H]1C[C@@H](N)c2ccccc21. The second-order valence-electron chi connectivity index (χ2n) is 4.66. The highest BCUT2D eigenvalue weighted by molar-refractivity contribution is 5.37. The van der Waals surface area contributed by atoms with Gasteiger partial charge in [0, 0.05) is 6.04 Å². The van der Waals surface area contributed by atoms with Crippen molar-refractivity contribution in [3.63, 3.8) is 0 Å². The Hall–Kier alpha value is -0.820. The van der Waals surface area contributed by atoms with Crippen LogP contribution >= 0.6 is 0 Å². The molecule has 0 fully saturated rings. The fourth-order valence-electron chi connectivity index (χ4n) is 2.69. The highest BCUT2D eigenvalue weighted by Gasteiger charge is 2.27. The summed E-state index contributed by atoms with van der Waals surface area (Å²) in [6, 6.07) is 8.99. The predicted octanol–water partition coefficient (Wildman–Crippen LogP) is 3.75. The Morgan fingerprint density at radius 2 is 1.93 bits per heavy atom. The summed E-state index contributed by atoms with van der Waals surface area (Å²) in [5.41, 5.74) is 9.04. The van der Waals surface area contributed by atoms with E-state index < -0.39 is 0 Å². The topological polar surface area (TPSA) is 26.0 Å². The minimum absolute atomic E-state index is 0.285. The van der Waals surface area contributed by atoms with Crippen molar-refractivity contribution in [3.05, 3.63) is 35.4 Å². The Bertz CT molecular complexity index is 319. The molecule has 0 saturated carbocycles. The lowest BCUT2D eigenvalue weighted by atomic mass is 9.95. The Labute approximate surface area is 92.7 Å². The first-order chi connectivity index (χ1) is 7.33. The predicted molar refractivity (Wildman–Crippen MR) is 64.9 cm³/mol. The third kappa shape index (κ3) is 2.23. The van der Waals surface area contributed by atoms with Gasteiger partial charge in [0.15, 0.2) is 0 Å². The van der Waals surface area contributed by atoms with Crippen molar-refractivity contribution < 1.29 is 0 Å². The van der Waals surface area contributed by atoms with E-state index >= 15 is 0 Å². The molecule has 0 aromatic heterocycles. The van der Waals surface area contributed by atoms with Gasteiger partial charge in [-0.05, 0) is 29.9 Å². The van der Waals surface area contributed by atoms with Crippen molar-refractivity contribution in [3.8, 4) is 0 Å². The maximum atomic E-state index is 6.14. The molecule has 0 bridgehead atoms. The van der Waals surface area contributed by atoms with E-state index in [2.05, 4.69) is 31.2 Å². The summed E-state index contributed by atoms with van der Waals surface area (Å²) in [4.78, 5) is 0. The first-order valence-corrected chi connectivity index (χ1v) is 6.17. The Morgan fingerprint density at radius 3 is 2.67 bits per heavy atom. The number of nitrogens with two attached hydrogens (primary N) is 1. The number of rotatable bonds is 4. The summed E-state index contributed by atoms with van der Waals surface area (Å²) in [5, 5.41) is 0. The molecule has 0 aliphatic heterocycles. The van der Waals surface area contributed by atoms with Crippen molar-refractivity contribution in [1.82, 2.24) is 0 Å². The number of fused-ring (bicyclic) bond motifs is 1. The van der Waals surface area contributed by atoms with E-state index in [0.717, 1.165) is 12.3 Å². The van der Waals surface area contributed by atoms with E-state index in [1.54, 1.807) is 0 Å². The molecule has 1 aliphatic rings. The van der Waals surface area contributed by atoms with Crippen molar-refractivity contribution >= 4 is 0 Å². The van der Waals surface area contributed by atoms with Crippen LogP contribution in [0.2, 0.25) is 0 Å². The monoisotopic (exact) mass is 203 g/mol. The lowest BCUT2D eigenvalue weighted by Gasteiger charge is -2.10. The molecule has 2 atom stereocenters. The van der Waals surface area contributed by atoms with Gasteiger partial charge in [0.05, 0.1) is 0 Å². The largest absolute Gasteiger partial charge is 0.324 e. The van der Waals surface area contributed by atoms with Crippen LogP contribution in [-0.4, -0.2) is 0 Å². The van der Waals surface area contributed by atoms with Crippen LogP contribution in [-0.2, 0) is 0 Å². The normalized spacial score (nSPS) is 24.1. The van der Waals surface area contributed by atoms with Crippen LogP contribution in [0.1, 0.15) is 62.1 Å². The summed E-state index contributed by atoms with van der Waals surface area (Å²) < 4.78 is 0. The lowest BCUT2D eigenvalue weighted by molar-refractivity contribution is 0.531. The fraction of sp³-hybridized carbons (Fsp3) is 0.571. The Balaban J connectivity index is 2.04. The van der Waals surface area contributed by atoms with Crippen molar-refractivity contribution in [2.24, 2.45) is 5.73 Å². The van der Waals surface area contributed by atoms with Gasteiger partial charge in [0.1, 0.15) is 0 Å². The molecular weight excluding hydrogens is 182 g/mol. The van der Waals surface area contributed by atoms with Crippen molar-refractivity contribution in [2.45, 2.75) is 51.0 Å².